The number of hydrogen-bond acceptors (Lipinski definition) is 6. The minimum absolute atomic E-state index is 0.0474. The maximum Gasteiger partial charge on any atom is 0.244 e. The number of likely N-dealkylation sites (N-methyl/N-ethyl adjacent to an activating group) is 1. The molecule has 0 saturated carbocycles. The molecule has 0 unspecified atom stereocenters. The number of ether oxygens (including phenoxy) is 2. The normalized spacial score (nSPS) is 13.3. The lowest BCUT2D eigenvalue weighted by molar-refractivity contribution is -0.140. The van der Waals surface area contributed by atoms with Gasteiger partial charge in [0.25, 0.3) is 0 Å². The Hall–Kier alpha value is -3.27. The second-order valence-corrected chi connectivity index (χ2v) is 9.26. The summed E-state index contributed by atoms with van der Waals surface area (Å²) in [5, 5.41) is 2.59. The third-order valence-electron chi connectivity index (χ3n) is 5.15. The van der Waals surface area contributed by atoms with Crippen LogP contribution in [0.3, 0.4) is 0 Å². The van der Waals surface area contributed by atoms with Gasteiger partial charge in [-0.2, -0.15) is 0 Å². The zero-order valence-electron chi connectivity index (χ0n) is 18.3. The lowest BCUT2D eigenvalue weighted by atomic mass is 10.1. The molecule has 0 fully saturated rings. The summed E-state index contributed by atoms with van der Waals surface area (Å²) in [6, 6.07) is 13.2. The van der Waals surface area contributed by atoms with E-state index in [1.165, 1.54) is 18.0 Å². The topological polar surface area (TPSA) is 105 Å². The fourth-order valence-electron chi connectivity index (χ4n) is 3.52. The first-order valence-electron chi connectivity index (χ1n) is 10.2. The van der Waals surface area contributed by atoms with Gasteiger partial charge in [0.2, 0.25) is 28.6 Å². The molecule has 0 aromatic heterocycles. The van der Waals surface area contributed by atoms with Crippen LogP contribution in [0.5, 0.6) is 11.5 Å². The predicted octanol–water partition coefficient (Wildman–Crippen LogP) is 1.73. The van der Waals surface area contributed by atoms with Gasteiger partial charge in [-0.05, 0) is 24.1 Å². The van der Waals surface area contributed by atoms with Gasteiger partial charge in [0.05, 0.1) is 11.9 Å². The van der Waals surface area contributed by atoms with Gasteiger partial charge in [0.15, 0.2) is 11.5 Å². The number of carbonyl (C=O) groups excluding carboxylic acids is 2. The van der Waals surface area contributed by atoms with Crippen LogP contribution >= 0.6 is 0 Å². The number of rotatable bonds is 9. The maximum absolute atomic E-state index is 13.4. The first-order valence-corrected chi connectivity index (χ1v) is 12.0. The van der Waals surface area contributed by atoms with Crippen molar-refractivity contribution in [3.05, 3.63) is 54.1 Å². The Kier molecular flexibility index (Phi) is 7.24. The summed E-state index contributed by atoms with van der Waals surface area (Å²) in [6.45, 7) is 1.56. The standard InChI is InChI=1S/C22H27N3O6S/c1-4-18(22(27)23-2)24(13-16-8-6-5-7-9-16)21(26)14-25(32(3,28)29)17-10-11-19-20(12-17)31-15-30-19/h5-12,18H,4,13-15H2,1-3H3,(H,23,27)/t18-/m0/s1. The van der Waals surface area contributed by atoms with Crippen LogP contribution in [0.15, 0.2) is 48.5 Å². The summed E-state index contributed by atoms with van der Waals surface area (Å²) in [6.07, 6.45) is 1.41. The molecule has 0 spiro atoms. The Morgan fingerprint density at radius 1 is 1.09 bits per heavy atom. The minimum Gasteiger partial charge on any atom is -0.454 e. The van der Waals surface area contributed by atoms with Gasteiger partial charge < -0.3 is 19.7 Å². The van der Waals surface area contributed by atoms with E-state index in [0.29, 0.717) is 17.9 Å². The molecule has 0 saturated heterocycles. The molecule has 1 heterocycles. The molecule has 2 aromatic rings. The SMILES string of the molecule is CC[C@@H](C(=O)NC)N(Cc1ccccc1)C(=O)CN(c1ccc2c(c1)OCO2)S(C)(=O)=O. The zero-order valence-corrected chi connectivity index (χ0v) is 19.1. The molecule has 0 radical (unpaired) electrons. The molecule has 172 valence electrons. The molecule has 10 heteroatoms. The Morgan fingerprint density at radius 3 is 2.41 bits per heavy atom. The fourth-order valence-corrected chi connectivity index (χ4v) is 4.36. The van der Waals surface area contributed by atoms with Crippen LogP contribution in [-0.2, 0) is 26.2 Å². The number of sulfonamides is 1. The Labute approximate surface area is 188 Å². The predicted molar refractivity (Wildman–Crippen MR) is 120 cm³/mol. The molecule has 1 aliphatic heterocycles. The summed E-state index contributed by atoms with van der Waals surface area (Å²) in [7, 11) is -2.30. The summed E-state index contributed by atoms with van der Waals surface area (Å²) < 4.78 is 36.8. The van der Waals surface area contributed by atoms with E-state index in [1.807, 2.05) is 30.3 Å². The average Bonchev–Trinajstić information content (AvgIpc) is 3.24. The number of hydrogen-bond donors (Lipinski definition) is 1. The first kappa shape index (κ1) is 23.4. The van der Waals surface area contributed by atoms with Crippen molar-refractivity contribution in [3.63, 3.8) is 0 Å². The summed E-state index contributed by atoms with van der Waals surface area (Å²) in [4.78, 5) is 27.3. The van der Waals surface area contributed by atoms with Gasteiger partial charge in [0, 0.05) is 19.7 Å². The van der Waals surface area contributed by atoms with Crippen LogP contribution in [0.4, 0.5) is 5.69 Å². The van der Waals surface area contributed by atoms with E-state index in [9.17, 15) is 18.0 Å². The monoisotopic (exact) mass is 461 g/mol. The third-order valence-corrected chi connectivity index (χ3v) is 6.29. The number of fused-ring (bicyclic) bond motifs is 1. The van der Waals surface area contributed by atoms with Crippen molar-refractivity contribution in [1.82, 2.24) is 10.2 Å². The number of carbonyl (C=O) groups is 2. The van der Waals surface area contributed by atoms with Gasteiger partial charge in [-0.25, -0.2) is 8.42 Å². The summed E-state index contributed by atoms with van der Waals surface area (Å²) in [5.41, 5.74) is 1.11. The van der Waals surface area contributed by atoms with E-state index in [4.69, 9.17) is 9.47 Å². The van der Waals surface area contributed by atoms with Crippen molar-refractivity contribution >= 4 is 27.5 Å². The molecule has 0 aliphatic carbocycles. The largest absolute Gasteiger partial charge is 0.454 e. The van der Waals surface area contributed by atoms with Crippen LogP contribution in [0.1, 0.15) is 18.9 Å². The third kappa shape index (κ3) is 5.31. The van der Waals surface area contributed by atoms with E-state index in [2.05, 4.69) is 5.32 Å². The number of anilines is 1. The van der Waals surface area contributed by atoms with Crippen molar-refractivity contribution in [2.45, 2.75) is 25.9 Å². The van der Waals surface area contributed by atoms with E-state index < -0.39 is 28.5 Å². The lowest BCUT2D eigenvalue weighted by Crippen LogP contribution is -2.51. The highest BCUT2D eigenvalue weighted by atomic mass is 32.2. The van der Waals surface area contributed by atoms with E-state index in [-0.39, 0.29) is 24.9 Å². The molecule has 1 aliphatic rings. The Balaban J connectivity index is 1.93. The maximum atomic E-state index is 13.4. The van der Waals surface area contributed by atoms with Crippen molar-refractivity contribution in [3.8, 4) is 11.5 Å². The van der Waals surface area contributed by atoms with Gasteiger partial charge >= 0.3 is 0 Å². The molecular weight excluding hydrogens is 434 g/mol. The molecule has 1 atom stereocenters. The van der Waals surface area contributed by atoms with Crippen molar-refractivity contribution in [2.75, 3.05) is 30.9 Å². The molecular formula is C22H27N3O6S. The van der Waals surface area contributed by atoms with E-state index in [0.717, 1.165) is 16.1 Å². The van der Waals surface area contributed by atoms with Crippen LogP contribution < -0.4 is 19.1 Å². The fraction of sp³-hybridized carbons (Fsp3) is 0.364. The van der Waals surface area contributed by atoms with Crippen molar-refractivity contribution < 1.29 is 27.5 Å². The van der Waals surface area contributed by atoms with Gasteiger partial charge in [-0.3, -0.25) is 13.9 Å². The van der Waals surface area contributed by atoms with Crippen LogP contribution in [0.2, 0.25) is 0 Å². The highest BCUT2D eigenvalue weighted by Gasteiger charge is 2.31. The second-order valence-electron chi connectivity index (χ2n) is 7.35. The minimum atomic E-state index is -3.81. The lowest BCUT2D eigenvalue weighted by Gasteiger charge is -2.32. The van der Waals surface area contributed by atoms with Gasteiger partial charge in [0.1, 0.15) is 12.6 Å². The molecule has 32 heavy (non-hydrogen) atoms. The highest BCUT2D eigenvalue weighted by molar-refractivity contribution is 7.92. The van der Waals surface area contributed by atoms with Gasteiger partial charge in [-0.15, -0.1) is 0 Å². The molecule has 2 aromatic carbocycles. The summed E-state index contributed by atoms with van der Waals surface area (Å²) >= 11 is 0. The second kappa shape index (κ2) is 9.90. The molecule has 9 nitrogen and oxygen atoms in total. The van der Waals surface area contributed by atoms with Crippen LogP contribution in [-0.4, -0.2) is 57.8 Å². The van der Waals surface area contributed by atoms with E-state index in [1.54, 1.807) is 19.1 Å². The smallest absolute Gasteiger partial charge is 0.244 e. The Bertz CT molecular complexity index is 1070. The summed E-state index contributed by atoms with van der Waals surface area (Å²) in [5.74, 6) is 0.101. The molecule has 3 rings (SSSR count). The van der Waals surface area contributed by atoms with Crippen LogP contribution in [0, 0.1) is 0 Å². The number of benzene rings is 2. The van der Waals surface area contributed by atoms with Crippen molar-refractivity contribution in [1.29, 1.82) is 0 Å². The molecule has 1 N–H and O–H groups in total. The number of nitrogens with zero attached hydrogens (tertiary/aromatic N) is 2. The zero-order chi connectivity index (χ0) is 23.3. The van der Waals surface area contributed by atoms with Gasteiger partial charge in [-0.1, -0.05) is 37.3 Å². The average molecular weight is 462 g/mol. The highest BCUT2D eigenvalue weighted by Crippen LogP contribution is 2.36. The number of nitrogens with one attached hydrogen (secondary N) is 1. The molecule has 2 amide bonds. The quantitative estimate of drug-likeness (QED) is 0.610. The first-order chi connectivity index (χ1) is 15.2. The molecule has 0 bridgehead atoms. The Morgan fingerprint density at radius 2 is 1.78 bits per heavy atom. The van der Waals surface area contributed by atoms with Crippen molar-refractivity contribution in [2.24, 2.45) is 0 Å². The number of amides is 2. The van der Waals surface area contributed by atoms with E-state index >= 15 is 0 Å². The van der Waals surface area contributed by atoms with Crippen LogP contribution in [0.25, 0.3) is 0 Å².